The molecule has 4 unspecified atom stereocenters. The lowest BCUT2D eigenvalue weighted by Crippen LogP contribution is -2.34. The molecule has 2 aliphatic carbocycles. The number of nitrogens with zero attached hydrogens (tertiary/aromatic N) is 1. The summed E-state index contributed by atoms with van der Waals surface area (Å²) in [6, 6.07) is 29.0. The number of hydrogen-bond donors (Lipinski definition) is 0. The van der Waals surface area contributed by atoms with Gasteiger partial charge in [-0.05, 0) is 102 Å². The summed E-state index contributed by atoms with van der Waals surface area (Å²) in [4.78, 5) is 0. The van der Waals surface area contributed by atoms with Gasteiger partial charge in [-0.2, -0.15) is 0 Å². The van der Waals surface area contributed by atoms with Crippen LogP contribution < -0.4 is 4.74 Å². The molecule has 0 bridgehead atoms. The quantitative estimate of drug-likeness (QED) is 0.180. The first kappa shape index (κ1) is 31.6. The maximum absolute atomic E-state index is 14.2. The summed E-state index contributed by atoms with van der Waals surface area (Å²) < 4.78 is 76.4. The zero-order valence-electron chi connectivity index (χ0n) is 25.8. The van der Waals surface area contributed by atoms with Gasteiger partial charge in [-0.1, -0.05) is 78.3 Å². The van der Waals surface area contributed by atoms with Crippen molar-refractivity contribution in [2.45, 2.75) is 61.4 Å². The van der Waals surface area contributed by atoms with E-state index in [0.29, 0.717) is 23.4 Å². The van der Waals surface area contributed by atoms with E-state index in [-0.39, 0.29) is 11.7 Å². The third kappa shape index (κ3) is 5.65. The number of benzene rings is 4. The van der Waals surface area contributed by atoms with Gasteiger partial charge in [0.1, 0.15) is 5.75 Å². The third-order valence-corrected chi connectivity index (χ3v) is 12.5. The van der Waals surface area contributed by atoms with Crippen molar-refractivity contribution in [1.29, 1.82) is 0 Å². The summed E-state index contributed by atoms with van der Waals surface area (Å²) in [5, 5.41) is -0.825. The SMILES string of the molecule is CC(C)S(=O)(=O)C1Cc2ccccc2-c2ccc3c(c21)CC(c1ccc(Cl)cc1)C(c1ccccc1OC(F)(F)F)C3n1cccc1. The van der Waals surface area contributed by atoms with Gasteiger partial charge >= 0.3 is 6.36 Å². The molecule has 9 heteroatoms. The highest BCUT2D eigenvalue weighted by atomic mass is 35.5. The second kappa shape index (κ2) is 11.9. The molecule has 4 aromatic carbocycles. The second-order valence-corrected chi connectivity index (χ2v) is 15.8. The number of hydrogen-bond acceptors (Lipinski definition) is 3. The van der Waals surface area contributed by atoms with Crippen LogP contribution >= 0.6 is 11.6 Å². The van der Waals surface area contributed by atoms with E-state index in [9.17, 15) is 21.6 Å². The van der Waals surface area contributed by atoms with Gasteiger partial charge in [0.2, 0.25) is 0 Å². The minimum atomic E-state index is -4.88. The van der Waals surface area contributed by atoms with Crippen LogP contribution in [0.25, 0.3) is 11.1 Å². The van der Waals surface area contributed by atoms with Crippen molar-refractivity contribution in [3.8, 4) is 16.9 Å². The Morgan fingerprint density at radius 2 is 1.49 bits per heavy atom. The average Bonchev–Trinajstić information content (AvgIpc) is 3.58. The van der Waals surface area contributed by atoms with E-state index < -0.39 is 38.7 Å². The Balaban J connectivity index is 1.55. The first-order valence-electron chi connectivity index (χ1n) is 15.6. The second-order valence-electron chi connectivity index (χ2n) is 12.6. The Morgan fingerprint density at radius 3 is 2.19 bits per heavy atom. The van der Waals surface area contributed by atoms with Gasteiger partial charge in [-0.25, -0.2) is 8.42 Å². The zero-order valence-corrected chi connectivity index (χ0v) is 27.4. The lowest BCUT2D eigenvalue weighted by atomic mass is 9.64. The molecule has 4 nitrogen and oxygen atoms in total. The monoisotopic (exact) mass is 675 g/mol. The molecule has 0 saturated heterocycles. The van der Waals surface area contributed by atoms with Crippen LogP contribution in [-0.2, 0) is 22.7 Å². The summed E-state index contributed by atoms with van der Waals surface area (Å²) in [5.74, 6) is -1.11. The van der Waals surface area contributed by atoms with Gasteiger partial charge in [-0.15, -0.1) is 13.2 Å². The Labute approximate surface area is 277 Å². The van der Waals surface area contributed by atoms with Crippen LogP contribution in [0.2, 0.25) is 5.02 Å². The van der Waals surface area contributed by atoms with E-state index in [1.807, 2.05) is 77.6 Å². The van der Waals surface area contributed by atoms with E-state index in [2.05, 4.69) is 4.74 Å². The summed E-state index contributed by atoms with van der Waals surface area (Å²) in [6.07, 6.45) is -0.293. The van der Waals surface area contributed by atoms with Gasteiger partial charge < -0.3 is 9.30 Å². The van der Waals surface area contributed by atoms with Crippen molar-refractivity contribution in [2.75, 3.05) is 0 Å². The molecule has 5 aromatic rings. The Kier molecular flexibility index (Phi) is 8.00. The van der Waals surface area contributed by atoms with Crippen LogP contribution in [-0.4, -0.2) is 24.6 Å². The van der Waals surface area contributed by atoms with Crippen molar-refractivity contribution in [3.63, 3.8) is 0 Å². The first-order valence-corrected chi connectivity index (χ1v) is 17.6. The summed E-state index contributed by atoms with van der Waals surface area (Å²) in [7, 11) is -3.61. The molecule has 7 rings (SSSR count). The minimum absolute atomic E-state index is 0.253. The fourth-order valence-electron chi connectivity index (χ4n) is 7.70. The van der Waals surface area contributed by atoms with Crippen LogP contribution in [0.4, 0.5) is 13.2 Å². The smallest absolute Gasteiger partial charge is 0.405 e. The maximum atomic E-state index is 14.2. The van der Waals surface area contributed by atoms with Crippen molar-refractivity contribution < 1.29 is 26.3 Å². The van der Waals surface area contributed by atoms with Gasteiger partial charge in [0, 0.05) is 28.9 Å². The number of halogens is 4. The van der Waals surface area contributed by atoms with Crippen LogP contribution in [0, 0.1) is 0 Å². The highest BCUT2D eigenvalue weighted by molar-refractivity contribution is 7.92. The molecular weight excluding hydrogens is 643 g/mol. The topological polar surface area (TPSA) is 48.3 Å². The largest absolute Gasteiger partial charge is 0.573 e. The zero-order chi connectivity index (χ0) is 33.1. The lowest BCUT2D eigenvalue weighted by molar-refractivity contribution is -0.275. The van der Waals surface area contributed by atoms with Crippen LogP contribution in [0.15, 0.2) is 109 Å². The number of rotatable bonds is 6. The standard InChI is InChI=1S/C38H33ClF3NO3S/c1-23(2)47(44,45)34-21-25-9-3-4-10-27(25)28-17-18-29-32(35(28)34)22-31(24-13-15-26(39)16-14-24)36(37(29)43-19-7-8-20-43)30-11-5-6-12-33(30)46-38(40,41)42/h3-20,23,31,34,36-37H,21-22H2,1-2H3. The molecule has 2 aliphatic rings. The predicted molar refractivity (Wildman–Crippen MR) is 179 cm³/mol. The first-order chi connectivity index (χ1) is 22.4. The number of alkyl halides is 3. The Morgan fingerprint density at radius 1 is 0.809 bits per heavy atom. The number of fused-ring (bicyclic) bond motifs is 5. The minimum Gasteiger partial charge on any atom is -0.405 e. The molecule has 0 radical (unpaired) electrons. The molecule has 1 aromatic heterocycles. The summed E-state index contributed by atoms with van der Waals surface area (Å²) >= 11 is 6.32. The highest BCUT2D eigenvalue weighted by Gasteiger charge is 2.46. The normalized spacial score (nSPS) is 20.7. The molecular formula is C38H33ClF3NO3S. The fourth-order valence-corrected chi connectivity index (χ4v) is 9.49. The third-order valence-electron chi connectivity index (χ3n) is 9.75. The molecule has 1 heterocycles. The Bertz CT molecular complexity index is 2040. The van der Waals surface area contributed by atoms with Crippen molar-refractivity contribution in [2.24, 2.45) is 0 Å². The molecule has 0 fully saturated rings. The molecule has 0 aliphatic heterocycles. The molecule has 242 valence electrons. The van der Waals surface area contributed by atoms with Crippen LogP contribution in [0.5, 0.6) is 5.75 Å². The van der Waals surface area contributed by atoms with E-state index in [0.717, 1.165) is 38.9 Å². The van der Waals surface area contributed by atoms with Crippen LogP contribution in [0.3, 0.4) is 0 Å². The molecule has 0 amide bonds. The van der Waals surface area contributed by atoms with Crippen molar-refractivity contribution in [3.05, 3.63) is 148 Å². The van der Waals surface area contributed by atoms with Crippen molar-refractivity contribution >= 4 is 21.4 Å². The predicted octanol–water partition coefficient (Wildman–Crippen LogP) is 9.84. The maximum Gasteiger partial charge on any atom is 0.573 e. The molecule has 0 spiro atoms. The van der Waals surface area contributed by atoms with Gasteiger partial charge in [0.05, 0.1) is 16.5 Å². The summed E-state index contributed by atoms with van der Waals surface area (Å²) in [6.45, 7) is 3.44. The van der Waals surface area contributed by atoms with Crippen LogP contribution in [0.1, 0.15) is 70.4 Å². The number of sulfone groups is 1. The molecule has 4 atom stereocenters. The highest BCUT2D eigenvalue weighted by Crippen LogP contribution is 2.57. The van der Waals surface area contributed by atoms with E-state index >= 15 is 0 Å². The van der Waals surface area contributed by atoms with Gasteiger partial charge in [0.25, 0.3) is 0 Å². The number of aromatic nitrogens is 1. The van der Waals surface area contributed by atoms with Gasteiger partial charge in [-0.3, -0.25) is 0 Å². The molecule has 47 heavy (non-hydrogen) atoms. The Hall–Kier alpha value is -4.01. The van der Waals surface area contributed by atoms with Crippen molar-refractivity contribution in [1.82, 2.24) is 4.57 Å². The molecule has 0 saturated carbocycles. The van der Waals surface area contributed by atoms with E-state index in [4.69, 9.17) is 11.6 Å². The van der Waals surface area contributed by atoms with E-state index in [1.165, 1.54) is 6.07 Å². The summed E-state index contributed by atoms with van der Waals surface area (Å²) in [5.41, 5.74) is 6.80. The van der Waals surface area contributed by atoms with E-state index in [1.54, 1.807) is 44.2 Å². The van der Waals surface area contributed by atoms with Gasteiger partial charge in [0.15, 0.2) is 9.84 Å². The number of para-hydroxylation sites is 1. The fraction of sp³-hybridized carbons (Fsp3) is 0.263. The molecule has 0 N–H and O–H groups in total. The average molecular weight is 676 g/mol. The lowest BCUT2D eigenvalue weighted by Gasteiger charge is -2.44. The number of ether oxygens (including phenoxy) is 1.